The fourth-order valence-electron chi connectivity index (χ4n) is 5.53. The van der Waals surface area contributed by atoms with Crippen LogP contribution in [-0.2, 0) is 32.3 Å². The van der Waals surface area contributed by atoms with Gasteiger partial charge in [0.25, 0.3) is 5.91 Å². The molecule has 0 radical (unpaired) electrons. The third-order valence-electron chi connectivity index (χ3n) is 7.85. The smallest absolute Gasteiger partial charge is 0.378 e. The monoisotopic (exact) mass is 625 g/mol. The molecule has 2 aliphatic heterocycles. The van der Waals surface area contributed by atoms with Crippen molar-refractivity contribution in [3.63, 3.8) is 0 Å². The van der Waals surface area contributed by atoms with E-state index in [9.17, 15) is 41.0 Å². The van der Waals surface area contributed by atoms with Crippen molar-refractivity contribution in [2.45, 2.75) is 44.6 Å². The highest BCUT2D eigenvalue weighted by atomic mass is 19.4. The van der Waals surface area contributed by atoms with E-state index in [0.717, 1.165) is 23.1 Å². The molecule has 13 heteroatoms. The summed E-state index contributed by atoms with van der Waals surface area (Å²) < 4.78 is 91.2. The van der Waals surface area contributed by atoms with Crippen molar-refractivity contribution in [2.75, 3.05) is 57.4 Å². The molecule has 0 aliphatic carbocycles. The molecular weight excluding hydrogens is 592 g/mol. The van der Waals surface area contributed by atoms with E-state index >= 15 is 0 Å². The third-order valence-corrected chi connectivity index (χ3v) is 7.85. The van der Waals surface area contributed by atoms with Gasteiger partial charge in [-0.3, -0.25) is 9.59 Å². The molecule has 0 saturated carbocycles. The maximum absolute atomic E-state index is 14.6. The van der Waals surface area contributed by atoms with Crippen LogP contribution in [0.15, 0.2) is 36.4 Å². The summed E-state index contributed by atoms with van der Waals surface area (Å²) in [5, 5.41) is 11.8. The molecule has 44 heavy (non-hydrogen) atoms. The van der Waals surface area contributed by atoms with E-state index in [1.54, 1.807) is 4.90 Å². The predicted octanol–water partition coefficient (Wildman–Crippen LogP) is 4.64. The molecule has 1 saturated heterocycles. The van der Waals surface area contributed by atoms with Gasteiger partial charge in [0.15, 0.2) is 5.60 Å². The summed E-state index contributed by atoms with van der Waals surface area (Å²) in [5.74, 6) is 3.82. The number of likely N-dealkylation sites (N-methyl/N-ethyl adjacent to an activating group) is 1. The van der Waals surface area contributed by atoms with Gasteiger partial charge in [-0.1, -0.05) is 43.9 Å². The zero-order chi connectivity index (χ0) is 32.3. The second-order valence-corrected chi connectivity index (χ2v) is 10.4. The van der Waals surface area contributed by atoms with Crippen LogP contribution in [0.2, 0.25) is 0 Å². The number of carbonyl (C=O) groups excluding carboxylic acids is 2. The highest BCUT2D eigenvalue weighted by Gasteiger charge is 2.58. The van der Waals surface area contributed by atoms with Crippen LogP contribution in [-0.4, -0.2) is 79.2 Å². The zero-order valence-electron chi connectivity index (χ0n) is 24.3. The van der Waals surface area contributed by atoms with Gasteiger partial charge in [0.1, 0.15) is 0 Å². The Morgan fingerprint density at radius 1 is 1.02 bits per heavy atom. The number of alkyl halides is 6. The molecule has 1 N–H and O–H groups in total. The van der Waals surface area contributed by atoms with Gasteiger partial charge in [-0.2, -0.15) is 26.3 Å². The maximum atomic E-state index is 14.6. The molecule has 4 rings (SSSR count). The number of hydrogen-bond donors (Lipinski definition) is 1. The maximum Gasteiger partial charge on any atom is 0.416 e. The minimum absolute atomic E-state index is 0.0343. The summed E-state index contributed by atoms with van der Waals surface area (Å²) in [6.45, 7) is 6.49. The molecule has 7 nitrogen and oxygen atoms in total. The van der Waals surface area contributed by atoms with Crippen molar-refractivity contribution >= 4 is 17.5 Å². The first-order valence-corrected chi connectivity index (χ1v) is 14.3. The molecule has 1 fully saturated rings. The summed E-state index contributed by atoms with van der Waals surface area (Å²) in [4.78, 5) is 30.7. The lowest BCUT2D eigenvalue weighted by Gasteiger charge is -2.28. The number of rotatable bonds is 8. The van der Waals surface area contributed by atoms with E-state index in [1.807, 2.05) is 18.7 Å². The van der Waals surface area contributed by atoms with Crippen molar-refractivity contribution in [1.29, 1.82) is 0 Å². The number of nitrogens with zero attached hydrogens (tertiary/aromatic N) is 3. The van der Waals surface area contributed by atoms with Crippen LogP contribution in [0.5, 0.6) is 0 Å². The summed E-state index contributed by atoms with van der Waals surface area (Å²) in [6, 6.07) is 5.39. The lowest BCUT2D eigenvalue weighted by Crippen LogP contribution is -2.45. The first kappa shape index (κ1) is 33.3. The van der Waals surface area contributed by atoms with Gasteiger partial charge >= 0.3 is 12.4 Å². The van der Waals surface area contributed by atoms with Crippen LogP contribution in [0, 0.1) is 11.8 Å². The molecular formula is C31H33F6N3O4. The van der Waals surface area contributed by atoms with Crippen LogP contribution in [0.25, 0.3) is 0 Å². The van der Waals surface area contributed by atoms with Gasteiger partial charge in [-0.15, -0.1) is 0 Å². The second-order valence-electron chi connectivity index (χ2n) is 10.4. The van der Waals surface area contributed by atoms with E-state index in [0.29, 0.717) is 51.5 Å². The number of benzene rings is 2. The van der Waals surface area contributed by atoms with Crippen LogP contribution in [0.3, 0.4) is 0 Å². The second kappa shape index (κ2) is 13.2. The largest absolute Gasteiger partial charge is 0.416 e. The third kappa shape index (κ3) is 6.72. The molecule has 1 atom stereocenters. The van der Waals surface area contributed by atoms with Crippen LogP contribution < -0.4 is 4.90 Å². The predicted molar refractivity (Wildman–Crippen MR) is 150 cm³/mol. The Hall–Kier alpha value is -3.60. The van der Waals surface area contributed by atoms with Gasteiger partial charge in [-0.05, 0) is 31.3 Å². The minimum Gasteiger partial charge on any atom is -0.378 e. The number of morpholine rings is 1. The highest BCUT2D eigenvalue weighted by Crippen LogP contribution is 2.52. The van der Waals surface area contributed by atoms with Crippen molar-refractivity contribution in [2.24, 2.45) is 0 Å². The molecule has 2 aliphatic rings. The zero-order valence-corrected chi connectivity index (χ0v) is 24.3. The minimum atomic E-state index is -5.16. The van der Waals surface area contributed by atoms with E-state index in [4.69, 9.17) is 4.74 Å². The molecule has 2 heterocycles. The van der Waals surface area contributed by atoms with Crippen molar-refractivity contribution in [1.82, 2.24) is 9.80 Å². The van der Waals surface area contributed by atoms with E-state index < -0.39 is 46.1 Å². The van der Waals surface area contributed by atoms with Gasteiger partial charge in [0.2, 0.25) is 5.91 Å². The number of aliphatic hydroxyl groups is 1. The molecule has 2 aromatic rings. The summed E-state index contributed by atoms with van der Waals surface area (Å²) in [5.41, 5.74) is -8.66. The first-order chi connectivity index (χ1) is 20.7. The Labute approximate surface area is 251 Å². The molecule has 1 unspecified atom stereocenters. The number of hydrogen-bond acceptors (Lipinski definition) is 5. The Balaban J connectivity index is 1.82. The SMILES string of the molecule is CCN(CC)CCN1C(=O)C(O)(c2ccccc2C(F)(F)F)c2c1cc(C#CCCC(=O)N1CCOCC1)cc2C(F)(F)F. The fraction of sp³-hybridized carbons (Fsp3) is 0.484. The van der Waals surface area contributed by atoms with Crippen molar-refractivity contribution < 1.29 is 45.8 Å². The van der Waals surface area contributed by atoms with Crippen LogP contribution in [0.1, 0.15) is 54.5 Å². The summed E-state index contributed by atoms with van der Waals surface area (Å²) in [6.07, 6.45) is -10.1. The number of fused-ring (bicyclic) bond motifs is 1. The average Bonchev–Trinajstić information content (AvgIpc) is 3.21. The van der Waals surface area contributed by atoms with Crippen molar-refractivity contribution in [3.8, 4) is 11.8 Å². The number of carbonyl (C=O) groups is 2. The summed E-state index contributed by atoms with van der Waals surface area (Å²) >= 11 is 0. The number of anilines is 1. The molecule has 0 aromatic heterocycles. The molecule has 2 amide bonds. The van der Waals surface area contributed by atoms with Gasteiger partial charge in [0, 0.05) is 55.7 Å². The van der Waals surface area contributed by atoms with E-state index in [-0.39, 0.29) is 43.1 Å². The molecule has 238 valence electrons. The fourth-order valence-corrected chi connectivity index (χ4v) is 5.53. The molecule has 0 spiro atoms. The topological polar surface area (TPSA) is 73.3 Å². The highest BCUT2D eigenvalue weighted by molar-refractivity contribution is 6.10. The quantitative estimate of drug-likeness (QED) is 0.342. The lowest BCUT2D eigenvalue weighted by atomic mass is 9.81. The van der Waals surface area contributed by atoms with E-state index in [1.165, 1.54) is 6.07 Å². The van der Waals surface area contributed by atoms with Crippen molar-refractivity contribution in [3.05, 3.63) is 64.2 Å². The Kier molecular flexibility index (Phi) is 9.97. The van der Waals surface area contributed by atoms with Gasteiger partial charge in [-0.25, -0.2) is 0 Å². The normalized spacial score (nSPS) is 18.8. The van der Waals surface area contributed by atoms with E-state index in [2.05, 4.69) is 11.8 Å². The standard InChI is InChI=1S/C31H33F6N3O4/c1-3-38(4-2)13-14-40-25-20-21(9-5-8-12-26(41)39-15-17-44-18-16-39)19-24(31(35,36)37)27(25)29(43,28(40)42)22-10-6-7-11-23(22)30(32,33)34/h6-7,10-11,19-20,43H,3-4,8,12-18H2,1-2H3. The number of halogens is 6. The lowest BCUT2D eigenvalue weighted by molar-refractivity contribution is -0.145. The number of ether oxygens (including phenoxy) is 1. The molecule has 2 aromatic carbocycles. The number of amides is 2. The Morgan fingerprint density at radius 3 is 2.27 bits per heavy atom. The van der Waals surface area contributed by atoms with Crippen LogP contribution in [0.4, 0.5) is 32.0 Å². The Morgan fingerprint density at radius 2 is 1.66 bits per heavy atom. The van der Waals surface area contributed by atoms with Gasteiger partial charge in [0.05, 0.1) is 30.0 Å². The Bertz CT molecular complexity index is 1440. The molecule has 0 bridgehead atoms. The van der Waals surface area contributed by atoms with Gasteiger partial charge < -0.3 is 24.5 Å². The summed E-state index contributed by atoms with van der Waals surface area (Å²) in [7, 11) is 0. The van der Waals surface area contributed by atoms with Crippen LogP contribution >= 0.6 is 0 Å². The average molecular weight is 626 g/mol. The first-order valence-electron chi connectivity index (χ1n) is 14.3.